The fraction of sp³-hybridized carbons (Fsp3) is 0.526. The molecule has 3 aromatic rings. The molecule has 5 nitrogen and oxygen atoms in total. The Kier molecular flexibility index (Phi) is 5.37. The normalized spacial score (nSPS) is 12.8. The van der Waals surface area contributed by atoms with Gasteiger partial charge in [-0.3, -0.25) is 9.36 Å². The molecule has 3 heterocycles. The van der Waals surface area contributed by atoms with Crippen LogP contribution in [0.3, 0.4) is 0 Å². The highest BCUT2D eigenvalue weighted by molar-refractivity contribution is 7.25. The lowest BCUT2D eigenvalue weighted by Gasteiger charge is -2.13. The van der Waals surface area contributed by atoms with E-state index < -0.39 is 0 Å². The van der Waals surface area contributed by atoms with Gasteiger partial charge in [-0.05, 0) is 24.8 Å². The molecule has 6 heteroatoms. The van der Waals surface area contributed by atoms with Crippen molar-refractivity contribution in [3.63, 3.8) is 0 Å². The van der Waals surface area contributed by atoms with E-state index in [4.69, 9.17) is 0 Å². The van der Waals surface area contributed by atoms with E-state index in [1.54, 1.807) is 17.1 Å². The van der Waals surface area contributed by atoms with Gasteiger partial charge in [0.15, 0.2) is 0 Å². The molecule has 0 amide bonds. The second kappa shape index (κ2) is 7.52. The third-order valence-corrected chi connectivity index (χ3v) is 5.76. The van der Waals surface area contributed by atoms with Crippen molar-refractivity contribution >= 4 is 37.5 Å². The molecule has 0 saturated carbocycles. The molecule has 3 aromatic heterocycles. The van der Waals surface area contributed by atoms with Gasteiger partial charge >= 0.3 is 0 Å². The smallest absolute Gasteiger partial charge is 0.271 e. The van der Waals surface area contributed by atoms with Gasteiger partial charge in [-0.25, -0.2) is 9.97 Å². The molecule has 0 N–H and O–H groups in total. The van der Waals surface area contributed by atoms with Crippen molar-refractivity contribution in [3.05, 3.63) is 28.9 Å². The van der Waals surface area contributed by atoms with Gasteiger partial charge in [0.05, 0.1) is 22.9 Å². The van der Waals surface area contributed by atoms with E-state index in [2.05, 4.69) is 23.8 Å². The molecule has 0 radical (unpaired) electrons. The molecule has 134 valence electrons. The molecule has 0 fully saturated rings. The number of aromatic nitrogens is 3. The minimum Gasteiger partial charge on any atom is -0.377 e. The van der Waals surface area contributed by atoms with Gasteiger partial charge in [-0.1, -0.05) is 26.7 Å². The first-order valence-electron chi connectivity index (χ1n) is 8.97. The Morgan fingerprint density at radius 1 is 1.28 bits per heavy atom. The molecule has 0 aliphatic carbocycles. The van der Waals surface area contributed by atoms with Crippen molar-refractivity contribution in [2.75, 3.05) is 19.0 Å². The monoisotopic (exact) mass is 358 g/mol. The van der Waals surface area contributed by atoms with Crippen molar-refractivity contribution in [2.24, 2.45) is 5.92 Å². The van der Waals surface area contributed by atoms with Crippen LogP contribution in [0.2, 0.25) is 0 Å². The van der Waals surface area contributed by atoms with Gasteiger partial charge in [-0.15, -0.1) is 11.3 Å². The number of pyridine rings is 1. The molecule has 1 atom stereocenters. The zero-order chi connectivity index (χ0) is 18.0. The van der Waals surface area contributed by atoms with E-state index in [0.717, 1.165) is 40.8 Å². The van der Waals surface area contributed by atoms with E-state index >= 15 is 0 Å². The predicted molar refractivity (Wildman–Crippen MR) is 107 cm³/mol. The Morgan fingerprint density at radius 3 is 2.80 bits per heavy atom. The lowest BCUT2D eigenvalue weighted by molar-refractivity contribution is 0.445. The molecule has 0 saturated heterocycles. The van der Waals surface area contributed by atoms with Crippen molar-refractivity contribution < 1.29 is 0 Å². The largest absolute Gasteiger partial charge is 0.377 e. The second-order valence-electron chi connectivity index (χ2n) is 6.96. The maximum absolute atomic E-state index is 12.9. The van der Waals surface area contributed by atoms with Crippen molar-refractivity contribution in [1.82, 2.24) is 14.5 Å². The van der Waals surface area contributed by atoms with Crippen molar-refractivity contribution in [3.8, 4) is 0 Å². The van der Waals surface area contributed by atoms with Gasteiger partial charge in [0, 0.05) is 26.8 Å². The topological polar surface area (TPSA) is 51.0 Å². The number of nitrogens with zero attached hydrogens (tertiary/aromatic N) is 4. The zero-order valence-corrected chi connectivity index (χ0v) is 16.3. The summed E-state index contributed by atoms with van der Waals surface area (Å²) in [7, 11) is 3.99. The third-order valence-electron chi connectivity index (χ3n) is 4.69. The molecular weight excluding hydrogens is 332 g/mol. The highest BCUT2D eigenvalue weighted by Gasteiger charge is 2.16. The summed E-state index contributed by atoms with van der Waals surface area (Å²) in [6, 6.07) is 1.97. The Bertz CT molecular complexity index is 928. The lowest BCUT2D eigenvalue weighted by Crippen LogP contribution is -2.20. The Morgan fingerprint density at radius 2 is 2.08 bits per heavy atom. The fourth-order valence-electron chi connectivity index (χ4n) is 3.35. The molecule has 25 heavy (non-hydrogen) atoms. The zero-order valence-electron chi connectivity index (χ0n) is 15.5. The summed E-state index contributed by atoms with van der Waals surface area (Å²) in [5.74, 6) is 0.716. The van der Waals surface area contributed by atoms with Crippen LogP contribution in [0.4, 0.5) is 5.69 Å². The molecule has 1 unspecified atom stereocenters. The molecule has 0 aliphatic rings. The number of thiophene rings is 1. The number of anilines is 1. The first kappa shape index (κ1) is 17.9. The fourth-order valence-corrected chi connectivity index (χ4v) is 4.42. The quantitative estimate of drug-likeness (QED) is 0.632. The van der Waals surface area contributed by atoms with Crippen LogP contribution in [0.5, 0.6) is 0 Å². The molecule has 0 aliphatic heterocycles. The predicted octanol–water partition coefficient (Wildman–Crippen LogP) is 4.29. The lowest BCUT2D eigenvalue weighted by atomic mass is 10.0. The Labute approximate surface area is 152 Å². The average Bonchev–Trinajstić information content (AvgIpc) is 2.96. The Balaban J connectivity index is 1.94. The number of hydrogen-bond acceptors (Lipinski definition) is 5. The number of aryl methyl sites for hydroxylation is 1. The summed E-state index contributed by atoms with van der Waals surface area (Å²) in [5, 5.41) is 0.980. The number of fused-ring (bicyclic) bond motifs is 3. The second-order valence-corrected chi connectivity index (χ2v) is 7.96. The average molecular weight is 359 g/mol. The maximum Gasteiger partial charge on any atom is 0.271 e. The van der Waals surface area contributed by atoms with Gasteiger partial charge < -0.3 is 4.90 Å². The van der Waals surface area contributed by atoms with Gasteiger partial charge in [0.2, 0.25) is 0 Å². The molecule has 0 aromatic carbocycles. The SMILES string of the molecule is CCCC(C)CCCn1cnc2c(sc3nccc(N(C)C)c32)c1=O. The van der Waals surface area contributed by atoms with Crippen LogP contribution < -0.4 is 10.5 Å². The van der Waals surface area contributed by atoms with E-state index in [1.165, 1.54) is 24.2 Å². The summed E-state index contributed by atoms with van der Waals surface area (Å²) in [6.07, 6.45) is 8.13. The van der Waals surface area contributed by atoms with Crippen molar-refractivity contribution in [1.29, 1.82) is 0 Å². The molecule has 0 bridgehead atoms. The minimum absolute atomic E-state index is 0.0563. The molecule has 0 spiro atoms. The maximum atomic E-state index is 12.9. The van der Waals surface area contributed by atoms with E-state index in [9.17, 15) is 4.79 Å². The van der Waals surface area contributed by atoms with Crippen LogP contribution in [0.1, 0.15) is 39.5 Å². The summed E-state index contributed by atoms with van der Waals surface area (Å²) in [4.78, 5) is 24.8. The Hall–Kier alpha value is -1.95. The van der Waals surface area contributed by atoms with E-state index in [0.29, 0.717) is 10.6 Å². The van der Waals surface area contributed by atoms with E-state index in [-0.39, 0.29) is 5.56 Å². The van der Waals surface area contributed by atoms with Crippen LogP contribution in [-0.2, 0) is 6.54 Å². The van der Waals surface area contributed by atoms with Crippen LogP contribution in [0.15, 0.2) is 23.4 Å². The number of hydrogen-bond donors (Lipinski definition) is 0. The standard InChI is InChI=1S/C19H26N4OS/c1-5-7-13(2)8-6-11-23-12-21-16-15-14(22(3)4)9-10-20-18(15)25-17(16)19(23)24/h9-10,12-13H,5-8,11H2,1-4H3. The van der Waals surface area contributed by atoms with Crippen LogP contribution in [0.25, 0.3) is 20.4 Å². The molecular formula is C19H26N4OS. The molecule has 3 rings (SSSR count). The van der Waals surface area contributed by atoms with Gasteiger partial charge in [-0.2, -0.15) is 0 Å². The highest BCUT2D eigenvalue weighted by Crippen LogP contribution is 2.34. The summed E-state index contributed by atoms with van der Waals surface area (Å²) in [6.45, 7) is 5.24. The van der Waals surface area contributed by atoms with Gasteiger partial charge in [0.25, 0.3) is 5.56 Å². The van der Waals surface area contributed by atoms with Crippen LogP contribution in [-0.4, -0.2) is 28.6 Å². The first-order chi connectivity index (χ1) is 12.0. The summed E-state index contributed by atoms with van der Waals surface area (Å²) in [5.41, 5.74) is 1.88. The minimum atomic E-state index is 0.0563. The number of rotatable bonds is 7. The first-order valence-corrected chi connectivity index (χ1v) is 9.78. The van der Waals surface area contributed by atoms with Crippen molar-refractivity contribution in [2.45, 2.75) is 46.1 Å². The summed E-state index contributed by atoms with van der Waals surface area (Å²) >= 11 is 1.45. The third kappa shape index (κ3) is 3.54. The summed E-state index contributed by atoms with van der Waals surface area (Å²) < 4.78 is 2.46. The van der Waals surface area contributed by atoms with E-state index in [1.807, 2.05) is 25.1 Å². The van der Waals surface area contributed by atoms with Gasteiger partial charge in [0.1, 0.15) is 9.53 Å². The van der Waals surface area contributed by atoms with Crippen LogP contribution in [0, 0.1) is 5.92 Å². The van der Waals surface area contributed by atoms with Crippen LogP contribution >= 0.6 is 11.3 Å². The highest BCUT2D eigenvalue weighted by atomic mass is 32.1.